The van der Waals surface area contributed by atoms with Crippen LogP contribution >= 0.6 is 0 Å². The second-order valence-corrected chi connectivity index (χ2v) is 4.78. The maximum Gasteiger partial charge on any atom is 0.226 e. The van der Waals surface area contributed by atoms with Gasteiger partial charge in [0.25, 0.3) is 0 Å². The highest BCUT2D eigenvalue weighted by Crippen LogP contribution is 2.14. The number of likely N-dealkylation sites (tertiary alicyclic amines) is 1. The third-order valence-electron chi connectivity index (χ3n) is 2.71. The van der Waals surface area contributed by atoms with E-state index >= 15 is 0 Å². The number of hydrogen-bond donors (Lipinski definition) is 1. The lowest BCUT2D eigenvalue weighted by Crippen LogP contribution is -2.24. The Morgan fingerprint density at radius 2 is 2.35 bits per heavy atom. The van der Waals surface area contributed by atoms with Crippen molar-refractivity contribution in [3.05, 3.63) is 12.3 Å². The van der Waals surface area contributed by atoms with E-state index in [1.807, 2.05) is 13.8 Å². The van der Waals surface area contributed by atoms with Crippen molar-refractivity contribution in [2.75, 3.05) is 25.5 Å². The molecule has 94 valence electrons. The number of nitrogens with one attached hydrogen (secondary N) is 1. The zero-order chi connectivity index (χ0) is 12.3. The molecule has 5 heteroatoms. The standard InChI is InChI=1S/C12H20N4O/c1-9(2)17-11-4-6-13-12(15-11)14-10-5-7-16(3)8-10/h4,6,9-10H,5,7-8H2,1-3H3,(H,13,14,15). The second kappa shape index (κ2) is 5.31. The molecule has 0 saturated carbocycles. The molecule has 1 aliphatic rings. The molecule has 2 rings (SSSR count). The summed E-state index contributed by atoms with van der Waals surface area (Å²) in [5, 5.41) is 3.34. The molecular formula is C12H20N4O. The molecule has 17 heavy (non-hydrogen) atoms. The number of anilines is 1. The Labute approximate surface area is 102 Å². The van der Waals surface area contributed by atoms with Crippen LogP contribution < -0.4 is 10.1 Å². The average molecular weight is 236 g/mol. The van der Waals surface area contributed by atoms with Crippen molar-refractivity contribution in [1.82, 2.24) is 14.9 Å². The van der Waals surface area contributed by atoms with E-state index in [0.29, 0.717) is 17.9 Å². The highest BCUT2D eigenvalue weighted by molar-refractivity contribution is 5.29. The molecule has 1 aromatic heterocycles. The normalized spacial score (nSPS) is 20.8. The molecule has 1 unspecified atom stereocenters. The summed E-state index contributed by atoms with van der Waals surface area (Å²) in [7, 11) is 2.13. The lowest BCUT2D eigenvalue weighted by molar-refractivity contribution is 0.232. The van der Waals surface area contributed by atoms with Crippen LogP contribution in [0, 0.1) is 0 Å². The van der Waals surface area contributed by atoms with E-state index in [1.165, 1.54) is 0 Å². The summed E-state index contributed by atoms with van der Waals surface area (Å²) in [5.41, 5.74) is 0. The number of ether oxygens (including phenoxy) is 1. The van der Waals surface area contributed by atoms with E-state index in [4.69, 9.17) is 4.74 Å². The molecular weight excluding hydrogens is 216 g/mol. The predicted molar refractivity (Wildman–Crippen MR) is 67.3 cm³/mol. The fourth-order valence-corrected chi connectivity index (χ4v) is 1.95. The van der Waals surface area contributed by atoms with Gasteiger partial charge >= 0.3 is 0 Å². The van der Waals surface area contributed by atoms with Crippen molar-refractivity contribution in [2.45, 2.75) is 32.4 Å². The maximum atomic E-state index is 5.54. The molecule has 0 bridgehead atoms. The van der Waals surface area contributed by atoms with E-state index < -0.39 is 0 Å². The third kappa shape index (κ3) is 3.56. The number of likely N-dealkylation sites (N-methyl/N-ethyl adjacent to an activating group) is 1. The van der Waals surface area contributed by atoms with Gasteiger partial charge in [-0.15, -0.1) is 0 Å². The summed E-state index contributed by atoms with van der Waals surface area (Å²) in [4.78, 5) is 10.9. The highest BCUT2D eigenvalue weighted by Gasteiger charge is 2.19. The summed E-state index contributed by atoms with van der Waals surface area (Å²) in [6.45, 7) is 6.14. The number of rotatable bonds is 4. The number of nitrogens with zero attached hydrogens (tertiary/aromatic N) is 3. The zero-order valence-electron chi connectivity index (χ0n) is 10.7. The van der Waals surface area contributed by atoms with Crippen LogP contribution in [0.25, 0.3) is 0 Å². The van der Waals surface area contributed by atoms with E-state index in [0.717, 1.165) is 19.5 Å². The van der Waals surface area contributed by atoms with Crippen LogP contribution in [0.3, 0.4) is 0 Å². The van der Waals surface area contributed by atoms with Crippen LogP contribution in [-0.2, 0) is 0 Å². The van der Waals surface area contributed by atoms with E-state index in [2.05, 4.69) is 27.2 Å². The molecule has 0 radical (unpaired) electrons. The van der Waals surface area contributed by atoms with Crippen molar-refractivity contribution < 1.29 is 4.74 Å². The van der Waals surface area contributed by atoms with Gasteiger partial charge in [-0.05, 0) is 33.9 Å². The SMILES string of the molecule is CC(C)Oc1ccnc(NC2CCN(C)C2)n1. The Hall–Kier alpha value is -1.36. The summed E-state index contributed by atoms with van der Waals surface area (Å²) >= 11 is 0. The van der Waals surface area contributed by atoms with Crippen molar-refractivity contribution in [1.29, 1.82) is 0 Å². The Balaban J connectivity index is 1.96. The summed E-state index contributed by atoms with van der Waals surface area (Å²) in [6, 6.07) is 2.22. The first-order valence-corrected chi connectivity index (χ1v) is 6.08. The molecule has 1 fully saturated rings. The van der Waals surface area contributed by atoms with Gasteiger partial charge in [0.05, 0.1) is 6.10 Å². The van der Waals surface area contributed by atoms with Gasteiger partial charge in [0.2, 0.25) is 11.8 Å². The van der Waals surface area contributed by atoms with Gasteiger partial charge in [0.15, 0.2) is 0 Å². The Bertz CT molecular complexity index is 369. The van der Waals surface area contributed by atoms with E-state index in [9.17, 15) is 0 Å². The second-order valence-electron chi connectivity index (χ2n) is 4.78. The minimum absolute atomic E-state index is 0.135. The first-order valence-electron chi connectivity index (χ1n) is 6.08. The van der Waals surface area contributed by atoms with Crippen molar-refractivity contribution in [3.63, 3.8) is 0 Å². The topological polar surface area (TPSA) is 50.3 Å². The van der Waals surface area contributed by atoms with Crippen LogP contribution in [-0.4, -0.2) is 47.2 Å². The summed E-state index contributed by atoms with van der Waals surface area (Å²) in [5.74, 6) is 1.28. The van der Waals surface area contributed by atoms with Crippen LogP contribution in [0.15, 0.2) is 12.3 Å². The molecule has 2 heterocycles. The molecule has 1 saturated heterocycles. The first kappa shape index (κ1) is 12.1. The van der Waals surface area contributed by atoms with Crippen LogP contribution in [0.5, 0.6) is 5.88 Å². The highest BCUT2D eigenvalue weighted by atomic mass is 16.5. The molecule has 0 aromatic carbocycles. The third-order valence-corrected chi connectivity index (χ3v) is 2.71. The molecule has 1 aromatic rings. The molecule has 1 aliphatic heterocycles. The van der Waals surface area contributed by atoms with Crippen molar-refractivity contribution in [2.24, 2.45) is 0 Å². The van der Waals surface area contributed by atoms with Gasteiger partial charge in [0.1, 0.15) is 0 Å². The monoisotopic (exact) mass is 236 g/mol. The van der Waals surface area contributed by atoms with Crippen LogP contribution in [0.1, 0.15) is 20.3 Å². The molecule has 0 amide bonds. The van der Waals surface area contributed by atoms with Gasteiger partial charge in [-0.25, -0.2) is 4.98 Å². The van der Waals surface area contributed by atoms with Gasteiger partial charge in [-0.1, -0.05) is 0 Å². The van der Waals surface area contributed by atoms with Crippen LogP contribution in [0.4, 0.5) is 5.95 Å². The van der Waals surface area contributed by atoms with Crippen LogP contribution in [0.2, 0.25) is 0 Å². The number of hydrogen-bond acceptors (Lipinski definition) is 5. The predicted octanol–water partition coefficient (Wildman–Crippen LogP) is 1.38. The first-order chi connectivity index (χ1) is 8.13. The molecule has 1 atom stereocenters. The lowest BCUT2D eigenvalue weighted by atomic mass is 10.3. The lowest BCUT2D eigenvalue weighted by Gasteiger charge is -2.14. The Morgan fingerprint density at radius 3 is 3.00 bits per heavy atom. The largest absolute Gasteiger partial charge is 0.475 e. The summed E-state index contributed by atoms with van der Waals surface area (Å²) < 4.78 is 5.54. The fraction of sp³-hybridized carbons (Fsp3) is 0.667. The van der Waals surface area contributed by atoms with E-state index in [-0.39, 0.29) is 6.10 Å². The van der Waals surface area contributed by atoms with Gasteiger partial charge in [0, 0.05) is 24.8 Å². The quantitative estimate of drug-likeness (QED) is 0.856. The minimum atomic E-state index is 0.135. The van der Waals surface area contributed by atoms with Gasteiger partial charge in [-0.3, -0.25) is 0 Å². The molecule has 5 nitrogen and oxygen atoms in total. The molecule has 0 aliphatic carbocycles. The molecule has 0 spiro atoms. The average Bonchev–Trinajstić information content (AvgIpc) is 2.63. The zero-order valence-corrected chi connectivity index (χ0v) is 10.7. The maximum absolute atomic E-state index is 5.54. The van der Waals surface area contributed by atoms with Crippen molar-refractivity contribution >= 4 is 5.95 Å². The van der Waals surface area contributed by atoms with E-state index in [1.54, 1.807) is 12.3 Å². The van der Waals surface area contributed by atoms with Gasteiger partial charge in [-0.2, -0.15) is 4.98 Å². The Kier molecular flexibility index (Phi) is 3.78. The molecule has 1 N–H and O–H groups in total. The number of aromatic nitrogens is 2. The van der Waals surface area contributed by atoms with Crippen molar-refractivity contribution in [3.8, 4) is 5.88 Å². The van der Waals surface area contributed by atoms with Gasteiger partial charge < -0.3 is 15.0 Å². The minimum Gasteiger partial charge on any atom is -0.475 e. The fourth-order valence-electron chi connectivity index (χ4n) is 1.95. The smallest absolute Gasteiger partial charge is 0.226 e. The Morgan fingerprint density at radius 1 is 1.53 bits per heavy atom. The summed E-state index contributed by atoms with van der Waals surface area (Å²) in [6.07, 6.45) is 3.00.